The molecule has 1 atom stereocenters. The van der Waals surface area contributed by atoms with Crippen LogP contribution in [0.25, 0.3) is 0 Å². The van der Waals surface area contributed by atoms with Crippen molar-refractivity contribution in [2.24, 2.45) is 11.8 Å². The molecule has 1 saturated carbocycles. The summed E-state index contributed by atoms with van der Waals surface area (Å²) in [5.41, 5.74) is 0. The molecule has 1 saturated heterocycles. The zero-order valence-electron chi connectivity index (χ0n) is 12.3. The molecule has 0 radical (unpaired) electrons. The summed E-state index contributed by atoms with van der Waals surface area (Å²) in [6, 6.07) is 0.508. The average Bonchev–Trinajstić information content (AvgIpc) is 3.20. The molecule has 0 bridgehead atoms. The minimum absolute atomic E-state index is 0.253. The molecular formula is C15H28N2O2. The summed E-state index contributed by atoms with van der Waals surface area (Å²) >= 11 is 0. The van der Waals surface area contributed by atoms with Gasteiger partial charge in [0.15, 0.2) is 0 Å². The number of carbonyl (C=O) groups is 1. The summed E-state index contributed by atoms with van der Waals surface area (Å²) in [4.78, 5) is 16.8. The Morgan fingerprint density at radius 1 is 1.37 bits per heavy atom. The fraction of sp³-hybridized carbons (Fsp3) is 0.933. The van der Waals surface area contributed by atoms with Crippen LogP contribution >= 0.6 is 0 Å². The van der Waals surface area contributed by atoms with E-state index in [0.29, 0.717) is 24.4 Å². The van der Waals surface area contributed by atoms with Crippen LogP contribution < -0.4 is 0 Å². The number of rotatable bonds is 6. The second-order valence-corrected chi connectivity index (χ2v) is 6.60. The minimum atomic E-state index is 0.253. The number of likely N-dealkylation sites (tertiary alicyclic amines) is 1. The molecule has 0 aromatic rings. The summed E-state index contributed by atoms with van der Waals surface area (Å²) in [5, 5.41) is 9.25. The maximum atomic E-state index is 12.4. The van der Waals surface area contributed by atoms with Gasteiger partial charge in [0.1, 0.15) is 0 Å². The van der Waals surface area contributed by atoms with Crippen molar-refractivity contribution >= 4 is 5.91 Å². The van der Waals surface area contributed by atoms with E-state index in [2.05, 4.69) is 23.6 Å². The van der Waals surface area contributed by atoms with Gasteiger partial charge in [-0.2, -0.15) is 0 Å². The van der Waals surface area contributed by atoms with E-state index < -0.39 is 0 Å². The Hall–Kier alpha value is -0.610. The van der Waals surface area contributed by atoms with Crippen molar-refractivity contribution in [3.63, 3.8) is 0 Å². The van der Waals surface area contributed by atoms with Crippen LogP contribution in [0.1, 0.15) is 39.5 Å². The van der Waals surface area contributed by atoms with Gasteiger partial charge in [0, 0.05) is 25.7 Å². The van der Waals surface area contributed by atoms with Crippen LogP contribution in [0.4, 0.5) is 0 Å². The first-order valence-electron chi connectivity index (χ1n) is 7.72. The van der Waals surface area contributed by atoms with E-state index in [4.69, 9.17) is 0 Å². The molecule has 4 heteroatoms. The molecule has 1 aliphatic heterocycles. The summed E-state index contributed by atoms with van der Waals surface area (Å²) in [5.74, 6) is 1.19. The van der Waals surface area contributed by atoms with Crippen molar-refractivity contribution in [1.29, 1.82) is 0 Å². The third-order valence-corrected chi connectivity index (χ3v) is 4.09. The zero-order valence-corrected chi connectivity index (χ0v) is 12.3. The van der Waals surface area contributed by atoms with Crippen LogP contribution in [-0.4, -0.2) is 59.6 Å². The van der Waals surface area contributed by atoms with Gasteiger partial charge in [-0.05, 0) is 44.1 Å². The lowest BCUT2D eigenvalue weighted by atomic mass is 9.99. The molecule has 0 aromatic heterocycles. The molecule has 1 heterocycles. The molecule has 4 nitrogen and oxygen atoms in total. The zero-order chi connectivity index (χ0) is 13.8. The van der Waals surface area contributed by atoms with E-state index in [1.165, 1.54) is 12.8 Å². The van der Waals surface area contributed by atoms with Crippen LogP contribution in [0, 0.1) is 11.8 Å². The third kappa shape index (κ3) is 4.46. The van der Waals surface area contributed by atoms with Gasteiger partial charge in [-0.25, -0.2) is 0 Å². The third-order valence-electron chi connectivity index (χ3n) is 4.09. The van der Waals surface area contributed by atoms with Gasteiger partial charge in [-0.1, -0.05) is 13.8 Å². The van der Waals surface area contributed by atoms with Crippen molar-refractivity contribution in [2.75, 3.05) is 32.8 Å². The van der Waals surface area contributed by atoms with E-state index in [9.17, 15) is 9.90 Å². The number of carbonyl (C=O) groups excluding carboxylic acids is 1. The second-order valence-electron chi connectivity index (χ2n) is 6.60. The second kappa shape index (κ2) is 6.71. The highest BCUT2D eigenvalue weighted by Gasteiger charge is 2.33. The molecule has 2 fully saturated rings. The van der Waals surface area contributed by atoms with Gasteiger partial charge in [-0.15, -0.1) is 0 Å². The lowest BCUT2D eigenvalue weighted by Gasteiger charge is -2.33. The number of aliphatic hydroxyl groups excluding tert-OH is 1. The van der Waals surface area contributed by atoms with Crippen LogP contribution in [0.5, 0.6) is 0 Å². The number of amides is 1. The van der Waals surface area contributed by atoms with Gasteiger partial charge in [-0.3, -0.25) is 9.69 Å². The van der Waals surface area contributed by atoms with Gasteiger partial charge < -0.3 is 10.0 Å². The first-order valence-corrected chi connectivity index (χ1v) is 7.72. The maximum Gasteiger partial charge on any atom is 0.237 e. The Bertz CT molecular complexity index is 303. The Morgan fingerprint density at radius 3 is 2.68 bits per heavy atom. The smallest absolute Gasteiger partial charge is 0.237 e. The highest BCUT2D eigenvalue weighted by molar-refractivity contribution is 5.79. The van der Waals surface area contributed by atoms with Crippen molar-refractivity contribution in [1.82, 2.24) is 9.80 Å². The lowest BCUT2D eigenvalue weighted by Crippen LogP contribution is -2.46. The molecule has 110 valence electrons. The fourth-order valence-electron chi connectivity index (χ4n) is 2.96. The number of piperidine rings is 1. The van der Waals surface area contributed by atoms with Crippen LogP contribution in [-0.2, 0) is 4.79 Å². The molecule has 2 aliphatic rings. The average molecular weight is 268 g/mol. The van der Waals surface area contributed by atoms with E-state index in [0.717, 1.165) is 32.5 Å². The summed E-state index contributed by atoms with van der Waals surface area (Å²) < 4.78 is 0. The number of aliphatic hydroxyl groups is 1. The monoisotopic (exact) mass is 268 g/mol. The quantitative estimate of drug-likeness (QED) is 0.790. The molecule has 0 spiro atoms. The minimum Gasteiger partial charge on any atom is -0.396 e. The first kappa shape index (κ1) is 14.8. The lowest BCUT2D eigenvalue weighted by molar-refractivity contribution is -0.134. The molecule has 1 unspecified atom stereocenters. The number of hydrogen-bond donors (Lipinski definition) is 1. The Morgan fingerprint density at radius 2 is 2.11 bits per heavy atom. The van der Waals surface area contributed by atoms with Gasteiger partial charge >= 0.3 is 0 Å². The van der Waals surface area contributed by atoms with Crippen LogP contribution in [0.15, 0.2) is 0 Å². The molecular weight excluding hydrogens is 240 g/mol. The van der Waals surface area contributed by atoms with Crippen LogP contribution in [0.2, 0.25) is 0 Å². The Balaban J connectivity index is 1.84. The largest absolute Gasteiger partial charge is 0.396 e. The van der Waals surface area contributed by atoms with Crippen molar-refractivity contribution in [3.05, 3.63) is 0 Å². The van der Waals surface area contributed by atoms with E-state index in [1.54, 1.807) is 0 Å². The maximum absolute atomic E-state index is 12.4. The highest BCUT2D eigenvalue weighted by atomic mass is 16.3. The van der Waals surface area contributed by atoms with Crippen molar-refractivity contribution in [2.45, 2.75) is 45.6 Å². The van der Waals surface area contributed by atoms with Crippen LogP contribution in [0.3, 0.4) is 0 Å². The summed E-state index contributed by atoms with van der Waals surface area (Å²) in [6.45, 7) is 7.91. The highest BCUT2D eigenvalue weighted by Crippen LogP contribution is 2.28. The predicted molar refractivity (Wildman–Crippen MR) is 75.8 cm³/mol. The molecule has 1 N–H and O–H groups in total. The topological polar surface area (TPSA) is 43.8 Å². The Kier molecular flexibility index (Phi) is 5.22. The molecule has 1 aliphatic carbocycles. The number of nitrogens with zero attached hydrogens (tertiary/aromatic N) is 2. The Labute approximate surface area is 116 Å². The van der Waals surface area contributed by atoms with E-state index in [-0.39, 0.29) is 12.5 Å². The molecule has 1 amide bonds. The number of hydrogen-bond acceptors (Lipinski definition) is 3. The summed E-state index contributed by atoms with van der Waals surface area (Å²) in [7, 11) is 0. The van der Waals surface area contributed by atoms with Crippen molar-refractivity contribution < 1.29 is 9.90 Å². The van der Waals surface area contributed by atoms with Gasteiger partial charge in [0.25, 0.3) is 0 Å². The molecule has 2 rings (SSSR count). The first-order chi connectivity index (χ1) is 9.10. The summed E-state index contributed by atoms with van der Waals surface area (Å²) in [6.07, 6.45) is 4.56. The van der Waals surface area contributed by atoms with Gasteiger partial charge in [0.2, 0.25) is 5.91 Å². The van der Waals surface area contributed by atoms with E-state index >= 15 is 0 Å². The van der Waals surface area contributed by atoms with E-state index in [1.807, 2.05) is 0 Å². The van der Waals surface area contributed by atoms with Crippen molar-refractivity contribution in [3.8, 4) is 0 Å². The fourth-order valence-corrected chi connectivity index (χ4v) is 2.96. The normalized spacial score (nSPS) is 24.7. The standard InChI is InChI=1S/C15H28N2O2/c1-12(2)8-17(14-5-6-14)15(19)10-16-7-3-4-13(9-16)11-18/h12-14,18H,3-11H2,1-2H3. The predicted octanol–water partition coefficient (Wildman–Crippen LogP) is 1.34. The SMILES string of the molecule is CC(C)CN(C(=O)CN1CCCC(CO)C1)C1CC1. The van der Waals surface area contributed by atoms with Gasteiger partial charge in [0.05, 0.1) is 6.54 Å². The molecule has 19 heavy (non-hydrogen) atoms. The molecule has 0 aromatic carbocycles.